The molecule has 0 aliphatic rings. The van der Waals surface area contributed by atoms with Crippen LogP contribution in [0.2, 0.25) is 5.02 Å². The first kappa shape index (κ1) is 8.91. The highest BCUT2D eigenvalue weighted by atomic mass is 35.5. The van der Waals surface area contributed by atoms with Crippen molar-refractivity contribution in [1.82, 2.24) is 0 Å². The molecule has 11 heavy (non-hydrogen) atoms. The smallest absolute Gasteiger partial charge is 0.124 e. The van der Waals surface area contributed by atoms with Crippen LogP contribution in [0.15, 0.2) is 18.2 Å². The lowest BCUT2D eigenvalue weighted by atomic mass is 10.2. The molecule has 0 N–H and O–H groups in total. The van der Waals surface area contributed by atoms with E-state index in [-0.39, 0.29) is 9.35 Å². The maximum absolute atomic E-state index is 12.4. The number of halogens is 3. The van der Waals surface area contributed by atoms with Gasteiger partial charge in [-0.05, 0) is 18.2 Å². The third-order valence-electron chi connectivity index (χ3n) is 1.14. The monoisotopic (exact) mass is 208 g/mol. The second-order valence-corrected chi connectivity index (χ2v) is 3.32. The quantitative estimate of drug-likeness (QED) is 0.504. The fourth-order valence-electron chi connectivity index (χ4n) is 0.649. The van der Waals surface area contributed by atoms with E-state index >= 15 is 0 Å². The summed E-state index contributed by atoms with van der Waals surface area (Å²) in [5.74, 6) is -0.397. The minimum atomic E-state index is -0.397. The van der Waals surface area contributed by atoms with Crippen molar-refractivity contribution in [1.29, 1.82) is 0 Å². The van der Waals surface area contributed by atoms with E-state index < -0.39 is 5.82 Å². The molecular formula is C7H3Cl2FS. The first-order valence-corrected chi connectivity index (χ1v) is 3.92. The molecule has 1 aromatic carbocycles. The zero-order chi connectivity index (χ0) is 8.43. The number of thiocarbonyl (C=S) groups is 1. The van der Waals surface area contributed by atoms with Crippen molar-refractivity contribution in [3.05, 3.63) is 34.6 Å². The highest BCUT2D eigenvalue weighted by Crippen LogP contribution is 2.19. The summed E-state index contributed by atoms with van der Waals surface area (Å²) in [5.41, 5.74) is 0.490. The van der Waals surface area contributed by atoms with Crippen molar-refractivity contribution in [3.63, 3.8) is 0 Å². The molecule has 0 bridgehead atoms. The van der Waals surface area contributed by atoms with E-state index in [4.69, 9.17) is 23.2 Å². The molecule has 58 valence electrons. The van der Waals surface area contributed by atoms with Gasteiger partial charge in [0.05, 0.1) is 5.02 Å². The standard InChI is InChI=1S/C7H3Cl2FS/c8-6-3-4(10)1-2-5(6)7(9)11/h1-3H. The molecule has 0 spiro atoms. The lowest BCUT2D eigenvalue weighted by Gasteiger charge is -1.98. The van der Waals surface area contributed by atoms with Gasteiger partial charge in [0.15, 0.2) is 0 Å². The molecule has 1 rings (SSSR count). The van der Waals surface area contributed by atoms with Crippen LogP contribution in [0.25, 0.3) is 0 Å². The van der Waals surface area contributed by atoms with Crippen molar-refractivity contribution in [2.24, 2.45) is 0 Å². The van der Waals surface area contributed by atoms with Gasteiger partial charge in [-0.2, -0.15) is 0 Å². The predicted octanol–water partition coefficient (Wildman–Crippen LogP) is 3.39. The summed E-state index contributed by atoms with van der Waals surface area (Å²) in [5, 5.41) is 0.241. The van der Waals surface area contributed by atoms with Crippen LogP contribution in [-0.4, -0.2) is 4.32 Å². The third kappa shape index (κ3) is 2.12. The number of hydrogen-bond acceptors (Lipinski definition) is 1. The molecule has 0 radical (unpaired) electrons. The predicted molar refractivity (Wildman–Crippen MR) is 49.0 cm³/mol. The van der Waals surface area contributed by atoms with Crippen molar-refractivity contribution < 1.29 is 4.39 Å². The molecule has 0 heterocycles. The second-order valence-electron chi connectivity index (χ2n) is 1.90. The molecule has 0 aromatic heterocycles. The van der Waals surface area contributed by atoms with Gasteiger partial charge in [0.2, 0.25) is 0 Å². The Morgan fingerprint density at radius 2 is 2.09 bits per heavy atom. The maximum atomic E-state index is 12.4. The normalized spacial score (nSPS) is 9.73. The summed E-state index contributed by atoms with van der Waals surface area (Å²) in [6, 6.07) is 3.88. The van der Waals surface area contributed by atoms with Crippen molar-refractivity contribution in [3.8, 4) is 0 Å². The van der Waals surface area contributed by atoms with Crippen LogP contribution in [0.5, 0.6) is 0 Å². The largest absolute Gasteiger partial charge is 0.207 e. The van der Waals surface area contributed by atoms with Gasteiger partial charge in [0, 0.05) is 5.56 Å². The highest BCUT2D eigenvalue weighted by molar-refractivity contribution is 7.83. The minimum Gasteiger partial charge on any atom is -0.207 e. The zero-order valence-electron chi connectivity index (χ0n) is 5.27. The zero-order valence-corrected chi connectivity index (χ0v) is 7.60. The lowest BCUT2D eigenvalue weighted by Crippen LogP contribution is -1.88. The van der Waals surface area contributed by atoms with Gasteiger partial charge in [-0.25, -0.2) is 4.39 Å². The first-order valence-electron chi connectivity index (χ1n) is 2.76. The van der Waals surface area contributed by atoms with E-state index in [1.807, 2.05) is 0 Å². The molecule has 0 atom stereocenters. The highest BCUT2D eigenvalue weighted by Gasteiger charge is 2.03. The Kier molecular flexibility index (Phi) is 2.82. The summed E-state index contributed by atoms with van der Waals surface area (Å²) in [4.78, 5) is 0. The van der Waals surface area contributed by atoms with E-state index in [1.165, 1.54) is 18.2 Å². The van der Waals surface area contributed by atoms with Crippen LogP contribution in [0, 0.1) is 5.82 Å². The van der Waals surface area contributed by atoms with Gasteiger partial charge in [0.1, 0.15) is 10.1 Å². The summed E-state index contributed by atoms with van der Waals surface area (Å²) >= 11 is 15.7. The summed E-state index contributed by atoms with van der Waals surface area (Å²) in [6.07, 6.45) is 0. The molecule has 0 saturated heterocycles. The van der Waals surface area contributed by atoms with Crippen LogP contribution in [0.4, 0.5) is 4.39 Å². The van der Waals surface area contributed by atoms with E-state index in [9.17, 15) is 4.39 Å². The van der Waals surface area contributed by atoms with Gasteiger partial charge in [-0.15, -0.1) is 0 Å². The average molecular weight is 209 g/mol. The summed E-state index contributed by atoms with van der Waals surface area (Å²) in [7, 11) is 0. The molecule has 0 nitrogen and oxygen atoms in total. The topological polar surface area (TPSA) is 0 Å². The molecule has 0 aliphatic heterocycles. The van der Waals surface area contributed by atoms with Crippen LogP contribution < -0.4 is 0 Å². The fraction of sp³-hybridized carbons (Fsp3) is 0. The van der Waals surface area contributed by atoms with Crippen molar-refractivity contribution >= 4 is 39.7 Å². The van der Waals surface area contributed by atoms with Gasteiger partial charge in [-0.3, -0.25) is 0 Å². The number of rotatable bonds is 1. The molecular weight excluding hydrogens is 206 g/mol. The fourth-order valence-corrected chi connectivity index (χ4v) is 1.36. The number of benzene rings is 1. The Morgan fingerprint density at radius 1 is 1.45 bits per heavy atom. The molecule has 1 aromatic rings. The molecule has 0 saturated carbocycles. The summed E-state index contributed by atoms with van der Waals surface area (Å²) < 4.78 is 12.6. The van der Waals surface area contributed by atoms with Crippen LogP contribution >= 0.6 is 35.4 Å². The molecule has 0 aliphatic carbocycles. The van der Waals surface area contributed by atoms with E-state index in [2.05, 4.69) is 12.2 Å². The molecule has 0 amide bonds. The maximum Gasteiger partial charge on any atom is 0.124 e. The van der Waals surface area contributed by atoms with E-state index in [0.29, 0.717) is 5.56 Å². The van der Waals surface area contributed by atoms with Crippen LogP contribution in [0.1, 0.15) is 5.56 Å². The van der Waals surface area contributed by atoms with Gasteiger partial charge >= 0.3 is 0 Å². The minimum absolute atomic E-state index is 0.148. The molecule has 0 unspecified atom stereocenters. The Labute approximate surface area is 78.9 Å². The Hall–Kier alpha value is -0.180. The van der Waals surface area contributed by atoms with Crippen LogP contribution in [0.3, 0.4) is 0 Å². The second kappa shape index (κ2) is 3.48. The molecule has 4 heteroatoms. The van der Waals surface area contributed by atoms with Gasteiger partial charge in [0.25, 0.3) is 0 Å². The third-order valence-corrected chi connectivity index (χ3v) is 1.88. The van der Waals surface area contributed by atoms with Crippen LogP contribution in [-0.2, 0) is 0 Å². The van der Waals surface area contributed by atoms with Crippen molar-refractivity contribution in [2.75, 3.05) is 0 Å². The first-order chi connectivity index (χ1) is 5.11. The molecule has 0 fully saturated rings. The van der Waals surface area contributed by atoms with Crippen molar-refractivity contribution in [2.45, 2.75) is 0 Å². The summed E-state index contributed by atoms with van der Waals surface area (Å²) in [6.45, 7) is 0. The van der Waals surface area contributed by atoms with Gasteiger partial charge in [-0.1, -0.05) is 35.4 Å². The van der Waals surface area contributed by atoms with E-state index in [1.54, 1.807) is 0 Å². The Balaban J connectivity index is 3.20. The number of hydrogen-bond donors (Lipinski definition) is 0. The van der Waals surface area contributed by atoms with Gasteiger partial charge < -0.3 is 0 Å². The SMILES string of the molecule is Fc1ccc(C(=S)Cl)c(Cl)c1. The Morgan fingerprint density at radius 3 is 2.55 bits per heavy atom. The average Bonchev–Trinajstić information content (AvgIpc) is 1.85. The van der Waals surface area contributed by atoms with E-state index in [0.717, 1.165) is 0 Å². The lowest BCUT2D eigenvalue weighted by molar-refractivity contribution is 0.628. The Bertz CT molecular complexity index is 298.